The average Bonchev–Trinajstić information content (AvgIpc) is 2.72. The average molecular weight is 338 g/mol. The van der Waals surface area contributed by atoms with Gasteiger partial charge in [0.2, 0.25) is 0 Å². The number of aromatic nitrogens is 2. The third kappa shape index (κ3) is 2.60. The SMILES string of the molecule is COc1ccc(C(C)C)cc1-c1nn(C)c(CN)c1Br. The van der Waals surface area contributed by atoms with Crippen LogP contribution in [-0.4, -0.2) is 16.9 Å². The molecule has 1 aromatic heterocycles. The first-order chi connectivity index (χ1) is 9.49. The van der Waals surface area contributed by atoms with Crippen LogP contribution in [0.25, 0.3) is 11.3 Å². The molecule has 0 fully saturated rings. The van der Waals surface area contributed by atoms with Crippen molar-refractivity contribution in [3.8, 4) is 17.0 Å². The molecule has 1 aromatic carbocycles. The molecule has 0 atom stereocenters. The lowest BCUT2D eigenvalue weighted by atomic mass is 9.99. The Bertz CT molecular complexity index is 620. The van der Waals surface area contributed by atoms with E-state index in [2.05, 4.69) is 47.0 Å². The molecule has 0 amide bonds. The molecule has 5 heteroatoms. The first-order valence-corrected chi connectivity index (χ1v) is 7.38. The summed E-state index contributed by atoms with van der Waals surface area (Å²) in [6.07, 6.45) is 0. The normalized spacial score (nSPS) is 11.2. The fourth-order valence-electron chi connectivity index (χ4n) is 2.20. The molecule has 0 aliphatic heterocycles. The van der Waals surface area contributed by atoms with Crippen molar-refractivity contribution >= 4 is 15.9 Å². The predicted octanol–water partition coefficient (Wildman–Crippen LogP) is 3.44. The Balaban J connectivity index is 2.64. The van der Waals surface area contributed by atoms with Gasteiger partial charge in [-0.15, -0.1) is 0 Å². The molecule has 0 saturated carbocycles. The highest BCUT2D eigenvalue weighted by Gasteiger charge is 2.18. The maximum absolute atomic E-state index is 5.77. The molecule has 0 spiro atoms. The van der Waals surface area contributed by atoms with E-state index >= 15 is 0 Å². The van der Waals surface area contributed by atoms with Crippen molar-refractivity contribution in [1.82, 2.24) is 9.78 Å². The molecule has 2 aromatic rings. The fraction of sp³-hybridized carbons (Fsp3) is 0.400. The molecule has 4 nitrogen and oxygen atoms in total. The second kappa shape index (κ2) is 5.97. The highest BCUT2D eigenvalue weighted by Crippen LogP contribution is 2.37. The van der Waals surface area contributed by atoms with Gasteiger partial charge >= 0.3 is 0 Å². The first kappa shape index (κ1) is 15.1. The summed E-state index contributed by atoms with van der Waals surface area (Å²) in [5.74, 6) is 1.27. The zero-order chi connectivity index (χ0) is 14.9. The van der Waals surface area contributed by atoms with Crippen molar-refractivity contribution in [3.63, 3.8) is 0 Å². The molecule has 0 aliphatic carbocycles. The van der Waals surface area contributed by atoms with Crippen LogP contribution in [-0.2, 0) is 13.6 Å². The number of aryl methyl sites for hydroxylation is 1. The molecular weight excluding hydrogens is 318 g/mol. The lowest BCUT2D eigenvalue weighted by Crippen LogP contribution is -2.04. The van der Waals surface area contributed by atoms with E-state index < -0.39 is 0 Å². The highest BCUT2D eigenvalue weighted by molar-refractivity contribution is 9.10. The standard InChI is InChI=1S/C15H20BrN3O/c1-9(2)10-5-6-13(20-4)11(7-10)15-14(16)12(8-17)19(3)18-15/h5-7,9H,8,17H2,1-4H3. The van der Waals surface area contributed by atoms with Crippen LogP contribution in [0.1, 0.15) is 31.0 Å². The maximum Gasteiger partial charge on any atom is 0.128 e. The van der Waals surface area contributed by atoms with Crippen LogP contribution in [0.4, 0.5) is 0 Å². The highest BCUT2D eigenvalue weighted by atomic mass is 79.9. The number of ether oxygens (including phenoxy) is 1. The number of nitrogens with two attached hydrogens (primary N) is 1. The second-order valence-electron chi connectivity index (χ2n) is 5.05. The Morgan fingerprint density at radius 2 is 2.10 bits per heavy atom. The van der Waals surface area contributed by atoms with Crippen molar-refractivity contribution in [2.75, 3.05) is 7.11 Å². The Morgan fingerprint density at radius 1 is 1.40 bits per heavy atom. The summed E-state index contributed by atoms with van der Waals surface area (Å²) in [5.41, 5.74) is 9.85. The minimum absolute atomic E-state index is 0.441. The third-order valence-corrected chi connectivity index (χ3v) is 4.27. The lowest BCUT2D eigenvalue weighted by molar-refractivity contribution is 0.416. The molecule has 0 bridgehead atoms. The number of halogens is 1. The van der Waals surface area contributed by atoms with Crippen molar-refractivity contribution in [3.05, 3.63) is 33.9 Å². The fourth-order valence-corrected chi connectivity index (χ4v) is 2.91. The van der Waals surface area contributed by atoms with Crippen molar-refractivity contribution < 1.29 is 4.74 Å². The molecule has 0 aliphatic rings. The van der Waals surface area contributed by atoms with Crippen LogP contribution >= 0.6 is 15.9 Å². The zero-order valence-electron chi connectivity index (χ0n) is 12.3. The van der Waals surface area contributed by atoms with Gasteiger partial charge in [0.15, 0.2) is 0 Å². The van der Waals surface area contributed by atoms with E-state index in [1.54, 1.807) is 11.8 Å². The Kier molecular flexibility index (Phi) is 4.50. The van der Waals surface area contributed by atoms with E-state index in [4.69, 9.17) is 10.5 Å². The van der Waals surface area contributed by atoms with Crippen LogP contribution in [0.15, 0.2) is 22.7 Å². The van der Waals surface area contributed by atoms with E-state index in [1.165, 1.54) is 5.56 Å². The number of nitrogens with zero attached hydrogens (tertiary/aromatic N) is 2. The van der Waals surface area contributed by atoms with E-state index in [1.807, 2.05) is 13.1 Å². The van der Waals surface area contributed by atoms with Gasteiger partial charge in [0.1, 0.15) is 11.4 Å². The van der Waals surface area contributed by atoms with Gasteiger partial charge < -0.3 is 10.5 Å². The van der Waals surface area contributed by atoms with Gasteiger partial charge in [0.25, 0.3) is 0 Å². The number of benzene rings is 1. The predicted molar refractivity (Wildman–Crippen MR) is 84.9 cm³/mol. The molecule has 0 saturated heterocycles. The van der Waals surface area contributed by atoms with E-state index in [9.17, 15) is 0 Å². The maximum atomic E-state index is 5.77. The number of hydrogen-bond acceptors (Lipinski definition) is 3. The quantitative estimate of drug-likeness (QED) is 0.929. The summed E-state index contributed by atoms with van der Waals surface area (Å²) >= 11 is 3.61. The van der Waals surface area contributed by atoms with Gasteiger partial charge in [0.05, 0.1) is 17.3 Å². The molecule has 0 radical (unpaired) electrons. The van der Waals surface area contributed by atoms with E-state index in [-0.39, 0.29) is 0 Å². The Morgan fingerprint density at radius 3 is 2.60 bits per heavy atom. The van der Waals surface area contributed by atoms with Crippen LogP contribution in [0.5, 0.6) is 5.75 Å². The minimum Gasteiger partial charge on any atom is -0.496 e. The lowest BCUT2D eigenvalue weighted by Gasteiger charge is -2.11. The van der Waals surface area contributed by atoms with Crippen LogP contribution in [0.3, 0.4) is 0 Å². The summed E-state index contributed by atoms with van der Waals surface area (Å²) in [4.78, 5) is 0. The van der Waals surface area contributed by atoms with Gasteiger partial charge in [-0.25, -0.2) is 0 Å². The largest absolute Gasteiger partial charge is 0.496 e. The second-order valence-corrected chi connectivity index (χ2v) is 5.84. The van der Waals surface area contributed by atoms with Crippen molar-refractivity contribution in [1.29, 1.82) is 0 Å². The molecule has 108 valence electrons. The third-order valence-electron chi connectivity index (χ3n) is 3.44. The summed E-state index contributed by atoms with van der Waals surface area (Å²) in [7, 11) is 3.57. The summed E-state index contributed by atoms with van der Waals surface area (Å²) in [5, 5.41) is 4.57. The van der Waals surface area contributed by atoms with Gasteiger partial charge in [-0.05, 0) is 39.5 Å². The zero-order valence-corrected chi connectivity index (χ0v) is 13.9. The topological polar surface area (TPSA) is 53.1 Å². The van der Waals surface area contributed by atoms with Crippen LogP contribution < -0.4 is 10.5 Å². The van der Waals surface area contributed by atoms with Gasteiger partial charge in [0, 0.05) is 19.2 Å². The van der Waals surface area contributed by atoms with Gasteiger partial charge in [-0.2, -0.15) is 5.10 Å². The van der Waals surface area contributed by atoms with E-state index in [0.29, 0.717) is 12.5 Å². The summed E-state index contributed by atoms with van der Waals surface area (Å²) in [6.45, 7) is 4.78. The summed E-state index contributed by atoms with van der Waals surface area (Å²) in [6, 6.07) is 6.22. The number of hydrogen-bond donors (Lipinski definition) is 1. The van der Waals surface area contributed by atoms with Crippen LogP contribution in [0.2, 0.25) is 0 Å². The van der Waals surface area contributed by atoms with Gasteiger partial charge in [-0.1, -0.05) is 19.9 Å². The summed E-state index contributed by atoms with van der Waals surface area (Å²) < 4.78 is 8.21. The molecule has 1 heterocycles. The van der Waals surface area contributed by atoms with E-state index in [0.717, 1.165) is 27.2 Å². The Hall–Kier alpha value is -1.33. The van der Waals surface area contributed by atoms with Crippen molar-refractivity contribution in [2.45, 2.75) is 26.3 Å². The van der Waals surface area contributed by atoms with Gasteiger partial charge in [-0.3, -0.25) is 4.68 Å². The first-order valence-electron chi connectivity index (χ1n) is 6.59. The molecule has 2 rings (SSSR count). The molecule has 2 N–H and O–H groups in total. The molecule has 0 unspecified atom stereocenters. The molecular formula is C15H20BrN3O. The number of rotatable bonds is 4. The van der Waals surface area contributed by atoms with Crippen molar-refractivity contribution in [2.24, 2.45) is 12.8 Å². The number of methoxy groups -OCH3 is 1. The smallest absolute Gasteiger partial charge is 0.128 e. The molecule has 20 heavy (non-hydrogen) atoms. The van der Waals surface area contributed by atoms with Crippen LogP contribution in [0, 0.1) is 0 Å². The monoisotopic (exact) mass is 337 g/mol. The Labute approximate surface area is 128 Å². The minimum atomic E-state index is 0.441.